The molecule has 1 atom stereocenters. The summed E-state index contributed by atoms with van der Waals surface area (Å²) < 4.78 is 5.36. The first-order chi connectivity index (χ1) is 15.0. The molecule has 1 aliphatic heterocycles. The Morgan fingerprint density at radius 3 is 2.71 bits per heavy atom. The van der Waals surface area contributed by atoms with Crippen LogP contribution in [0.1, 0.15) is 33.3 Å². The molecule has 9 heteroatoms. The Hall–Kier alpha value is -2.91. The van der Waals surface area contributed by atoms with E-state index in [0.29, 0.717) is 29.4 Å². The molecule has 0 radical (unpaired) electrons. The fraction of sp³-hybridized carbons (Fsp3) is 0.273. The molecule has 2 heterocycles. The molecule has 1 saturated heterocycles. The quantitative estimate of drug-likeness (QED) is 0.558. The number of rotatable bonds is 6. The van der Waals surface area contributed by atoms with Crippen LogP contribution in [0, 0.1) is 6.92 Å². The maximum atomic E-state index is 12.7. The second kappa shape index (κ2) is 9.07. The van der Waals surface area contributed by atoms with Crippen LogP contribution in [0.2, 0.25) is 0 Å². The highest BCUT2D eigenvalue weighted by Gasteiger charge is 2.34. The molecule has 0 aliphatic carbocycles. The van der Waals surface area contributed by atoms with E-state index in [0.717, 1.165) is 21.2 Å². The van der Waals surface area contributed by atoms with Gasteiger partial charge >= 0.3 is 0 Å². The molecule has 1 aliphatic rings. The molecule has 160 valence electrons. The van der Waals surface area contributed by atoms with E-state index in [4.69, 9.17) is 4.74 Å². The molecule has 4 rings (SSSR count). The number of hydrogen-bond donors (Lipinski definition) is 1. The van der Waals surface area contributed by atoms with Crippen LogP contribution < -0.4 is 15.0 Å². The number of methoxy groups -OCH3 is 1. The lowest BCUT2D eigenvalue weighted by Crippen LogP contribution is -2.24. The molecule has 0 unspecified atom stereocenters. The van der Waals surface area contributed by atoms with E-state index in [1.165, 1.54) is 18.4 Å². The normalized spacial score (nSPS) is 15.9. The highest BCUT2D eigenvalue weighted by atomic mass is 32.2. The van der Waals surface area contributed by atoms with Gasteiger partial charge in [-0.25, -0.2) is 0 Å². The molecule has 1 fully saturated rings. The summed E-state index contributed by atoms with van der Waals surface area (Å²) in [6.07, 6.45) is 2.34. The number of thioether (sulfide) groups is 1. The van der Waals surface area contributed by atoms with Gasteiger partial charge in [0.15, 0.2) is 0 Å². The number of anilines is 2. The topological polar surface area (TPSA) is 84.4 Å². The van der Waals surface area contributed by atoms with Crippen molar-refractivity contribution in [2.75, 3.05) is 30.1 Å². The van der Waals surface area contributed by atoms with Gasteiger partial charge in [-0.1, -0.05) is 29.0 Å². The third-order valence-corrected chi connectivity index (χ3v) is 6.86. The number of amides is 2. The van der Waals surface area contributed by atoms with Crippen LogP contribution in [0.15, 0.2) is 47.4 Å². The van der Waals surface area contributed by atoms with Crippen LogP contribution in [0.3, 0.4) is 0 Å². The lowest BCUT2D eigenvalue weighted by Gasteiger charge is -2.16. The molecule has 31 heavy (non-hydrogen) atoms. The minimum Gasteiger partial charge on any atom is -0.496 e. The Morgan fingerprint density at radius 1 is 1.23 bits per heavy atom. The van der Waals surface area contributed by atoms with Crippen molar-refractivity contribution >= 4 is 45.7 Å². The predicted molar refractivity (Wildman–Crippen MR) is 124 cm³/mol. The third-order valence-electron chi connectivity index (χ3n) is 5.13. The van der Waals surface area contributed by atoms with Crippen LogP contribution in [0.25, 0.3) is 0 Å². The first-order valence-electron chi connectivity index (χ1n) is 9.72. The molecule has 0 bridgehead atoms. The van der Waals surface area contributed by atoms with Gasteiger partial charge in [0.25, 0.3) is 5.91 Å². The SMILES string of the molecule is COc1cc(SC)ccc1C(=O)Nc1nnc([C@H]2CC(=O)N(c3ccc(C)cc3)C2)s1. The Kier molecular flexibility index (Phi) is 6.24. The first kappa shape index (κ1) is 21.3. The minimum absolute atomic E-state index is 0.0487. The number of aromatic nitrogens is 2. The van der Waals surface area contributed by atoms with E-state index in [1.807, 2.05) is 49.6 Å². The van der Waals surface area contributed by atoms with E-state index in [9.17, 15) is 9.59 Å². The highest BCUT2D eigenvalue weighted by molar-refractivity contribution is 7.98. The van der Waals surface area contributed by atoms with E-state index < -0.39 is 0 Å². The maximum Gasteiger partial charge on any atom is 0.261 e. The van der Waals surface area contributed by atoms with Crippen LogP contribution >= 0.6 is 23.1 Å². The second-order valence-corrected chi connectivity index (χ2v) is 9.10. The predicted octanol–water partition coefficient (Wildman–Crippen LogP) is 4.35. The molecule has 0 saturated carbocycles. The summed E-state index contributed by atoms with van der Waals surface area (Å²) in [5.74, 6) is 0.209. The number of ether oxygens (including phenoxy) is 1. The minimum atomic E-state index is -0.309. The summed E-state index contributed by atoms with van der Waals surface area (Å²) in [7, 11) is 1.54. The fourth-order valence-electron chi connectivity index (χ4n) is 3.45. The van der Waals surface area contributed by atoms with Crippen molar-refractivity contribution in [1.29, 1.82) is 0 Å². The Bertz CT molecular complexity index is 1110. The summed E-state index contributed by atoms with van der Waals surface area (Å²) in [6.45, 7) is 2.57. The van der Waals surface area contributed by atoms with Crippen molar-refractivity contribution in [3.8, 4) is 5.75 Å². The van der Waals surface area contributed by atoms with Crippen molar-refractivity contribution in [3.63, 3.8) is 0 Å². The monoisotopic (exact) mass is 454 g/mol. The zero-order chi connectivity index (χ0) is 22.0. The van der Waals surface area contributed by atoms with Crippen molar-refractivity contribution in [2.45, 2.75) is 24.2 Å². The Morgan fingerprint density at radius 2 is 2.00 bits per heavy atom. The first-order valence-corrected chi connectivity index (χ1v) is 11.8. The third kappa shape index (κ3) is 4.57. The standard InChI is InChI=1S/C22H22N4O3S2/c1-13-4-6-15(7-5-13)26-12-14(10-19(26)27)21-24-25-22(31-21)23-20(28)17-9-8-16(30-3)11-18(17)29-2/h4-9,11,14H,10,12H2,1-3H3,(H,23,25,28)/t14-/m0/s1. The largest absolute Gasteiger partial charge is 0.496 e. The van der Waals surface area contributed by atoms with E-state index in [-0.39, 0.29) is 17.7 Å². The van der Waals surface area contributed by atoms with Gasteiger partial charge < -0.3 is 9.64 Å². The molecule has 1 N–H and O–H groups in total. The Labute approximate surface area is 188 Å². The number of hydrogen-bond acceptors (Lipinski definition) is 7. The smallest absolute Gasteiger partial charge is 0.261 e. The maximum absolute atomic E-state index is 12.7. The van der Waals surface area contributed by atoms with Crippen molar-refractivity contribution < 1.29 is 14.3 Å². The highest BCUT2D eigenvalue weighted by Crippen LogP contribution is 2.34. The summed E-state index contributed by atoms with van der Waals surface area (Å²) in [4.78, 5) is 28.0. The summed E-state index contributed by atoms with van der Waals surface area (Å²) >= 11 is 2.87. The van der Waals surface area contributed by atoms with Gasteiger partial charge in [0.1, 0.15) is 10.8 Å². The summed E-state index contributed by atoms with van der Waals surface area (Å²) in [5.41, 5.74) is 2.46. The number of nitrogens with zero attached hydrogens (tertiary/aromatic N) is 3. The molecule has 1 aromatic heterocycles. The zero-order valence-corrected chi connectivity index (χ0v) is 19.0. The average molecular weight is 455 g/mol. The zero-order valence-electron chi connectivity index (χ0n) is 17.4. The van der Waals surface area contributed by atoms with Gasteiger partial charge in [0, 0.05) is 29.5 Å². The molecule has 2 aromatic carbocycles. The lowest BCUT2D eigenvalue weighted by atomic mass is 10.1. The van der Waals surface area contributed by atoms with Crippen LogP contribution in [0.5, 0.6) is 5.75 Å². The molecule has 0 spiro atoms. The van der Waals surface area contributed by atoms with E-state index in [1.54, 1.807) is 22.7 Å². The summed E-state index contributed by atoms with van der Waals surface area (Å²) in [6, 6.07) is 13.3. The van der Waals surface area contributed by atoms with E-state index in [2.05, 4.69) is 15.5 Å². The fourth-order valence-corrected chi connectivity index (χ4v) is 4.71. The van der Waals surface area contributed by atoms with Crippen LogP contribution in [-0.4, -0.2) is 41.9 Å². The number of nitrogens with one attached hydrogen (secondary N) is 1. The number of carbonyl (C=O) groups excluding carboxylic acids is 2. The van der Waals surface area contributed by atoms with Gasteiger partial charge in [-0.2, -0.15) is 0 Å². The molecule has 2 amide bonds. The Balaban J connectivity index is 1.46. The molecular weight excluding hydrogens is 432 g/mol. The van der Waals surface area contributed by atoms with Gasteiger partial charge in [-0.15, -0.1) is 22.0 Å². The average Bonchev–Trinajstić information content (AvgIpc) is 3.40. The number of aryl methyl sites for hydroxylation is 1. The lowest BCUT2D eigenvalue weighted by molar-refractivity contribution is -0.117. The van der Waals surface area contributed by atoms with Crippen molar-refractivity contribution in [1.82, 2.24) is 10.2 Å². The number of carbonyl (C=O) groups is 2. The van der Waals surface area contributed by atoms with Crippen LogP contribution in [-0.2, 0) is 4.79 Å². The van der Waals surface area contributed by atoms with Gasteiger partial charge in [-0.05, 0) is 43.5 Å². The van der Waals surface area contributed by atoms with Gasteiger partial charge in [0.05, 0.1) is 12.7 Å². The van der Waals surface area contributed by atoms with Crippen molar-refractivity contribution in [3.05, 3.63) is 58.6 Å². The van der Waals surface area contributed by atoms with Gasteiger partial charge in [-0.3, -0.25) is 14.9 Å². The van der Waals surface area contributed by atoms with E-state index >= 15 is 0 Å². The van der Waals surface area contributed by atoms with Crippen molar-refractivity contribution in [2.24, 2.45) is 0 Å². The molecule has 7 nitrogen and oxygen atoms in total. The van der Waals surface area contributed by atoms with Crippen LogP contribution in [0.4, 0.5) is 10.8 Å². The molecule has 3 aromatic rings. The van der Waals surface area contributed by atoms with Gasteiger partial charge in [0.2, 0.25) is 11.0 Å². The number of benzene rings is 2. The second-order valence-electron chi connectivity index (χ2n) is 7.21. The molecular formula is C22H22N4O3S2. The summed E-state index contributed by atoms with van der Waals surface area (Å²) in [5, 5.41) is 12.3.